The molecular weight excluding hydrogens is 308 g/mol. The molecule has 126 valence electrons. The van der Waals surface area contributed by atoms with E-state index in [9.17, 15) is 4.79 Å². The number of carbonyl (C=O) groups is 1. The predicted octanol–water partition coefficient (Wildman–Crippen LogP) is 3.11. The van der Waals surface area contributed by atoms with E-state index in [-0.39, 0.29) is 5.97 Å². The topological polar surface area (TPSA) is 54.0 Å². The van der Waals surface area contributed by atoms with Gasteiger partial charge in [-0.2, -0.15) is 0 Å². The molecular formula is C14H30O5SSi. The summed E-state index contributed by atoms with van der Waals surface area (Å²) in [5.41, 5.74) is 0. The Balaban J connectivity index is 4.39. The minimum absolute atomic E-state index is 0.199. The Morgan fingerprint density at radius 2 is 1.52 bits per heavy atom. The fourth-order valence-electron chi connectivity index (χ4n) is 1.92. The molecule has 0 radical (unpaired) electrons. The summed E-state index contributed by atoms with van der Waals surface area (Å²) in [5, 5.41) is 0. The fourth-order valence-corrected chi connectivity index (χ4v) is 5.79. The number of esters is 1. The van der Waals surface area contributed by atoms with Gasteiger partial charge in [0.05, 0.1) is 7.11 Å². The van der Waals surface area contributed by atoms with Gasteiger partial charge in [0.1, 0.15) is 4.75 Å². The average Bonchev–Trinajstić information content (AvgIpc) is 2.43. The standard InChI is InChI=1S/C14H30O5SSi/c1-7-17-21(18-8-2,19-9-3)12-10-11-20-14(4,5)13(15)16-6/h7-12H2,1-6H3. The third kappa shape index (κ3) is 7.65. The Morgan fingerprint density at radius 3 is 1.90 bits per heavy atom. The van der Waals surface area contributed by atoms with Gasteiger partial charge in [-0.15, -0.1) is 11.8 Å². The molecule has 0 unspecified atom stereocenters. The molecule has 0 fully saturated rings. The molecule has 0 N–H and O–H groups in total. The number of thioether (sulfide) groups is 1. The van der Waals surface area contributed by atoms with Crippen molar-refractivity contribution in [3.8, 4) is 0 Å². The highest BCUT2D eigenvalue weighted by molar-refractivity contribution is 8.01. The monoisotopic (exact) mass is 338 g/mol. The molecule has 7 heteroatoms. The van der Waals surface area contributed by atoms with Gasteiger partial charge < -0.3 is 18.0 Å². The van der Waals surface area contributed by atoms with Gasteiger partial charge in [-0.25, -0.2) is 0 Å². The van der Waals surface area contributed by atoms with E-state index in [2.05, 4.69) is 0 Å². The van der Waals surface area contributed by atoms with Gasteiger partial charge >= 0.3 is 14.8 Å². The van der Waals surface area contributed by atoms with Gasteiger partial charge in [-0.05, 0) is 46.8 Å². The zero-order valence-corrected chi connectivity index (χ0v) is 16.0. The number of hydrogen-bond donors (Lipinski definition) is 0. The molecule has 0 heterocycles. The predicted molar refractivity (Wildman–Crippen MR) is 88.6 cm³/mol. The molecule has 0 spiro atoms. The number of methoxy groups -OCH3 is 1. The lowest BCUT2D eigenvalue weighted by Crippen LogP contribution is -2.46. The van der Waals surface area contributed by atoms with Crippen LogP contribution in [0.1, 0.15) is 41.0 Å². The highest BCUT2D eigenvalue weighted by Gasteiger charge is 2.40. The summed E-state index contributed by atoms with van der Waals surface area (Å²) < 4.78 is 21.7. The first kappa shape index (κ1) is 20.9. The zero-order valence-electron chi connectivity index (χ0n) is 14.2. The molecule has 0 aliphatic rings. The first-order valence-electron chi connectivity index (χ1n) is 7.51. The maximum absolute atomic E-state index is 11.6. The smallest absolute Gasteiger partial charge is 0.468 e. The van der Waals surface area contributed by atoms with Gasteiger partial charge in [0.2, 0.25) is 0 Å². The lowest BCUT2D eigenvalue weighted by molar-refractivity contribution is -0.142. The Labute approximate surface area is 134 Å². The van der Waals surface area contributed by atoms with Crippen LogP contribution in [-0.2, 0) is 22.8 Å². The molecule has 0 rings (SSSR count). The van der Waals surface area contributed by atoms with E-state index in [0.29, 0.717) is 19.8 Å². The van der Waals surface area contributed by atoms with E-state index in [4.69, 9.17) is 18.0 Å². The molecule has 0 saturated heterocycles. The number of rotatable bonds is 12. The molecule has 21 heavy (non-hydrogen) atoms. The minimum atomic E-state index is -2.56. The molecule has 0 bridgehead atoms. The van der Waals surface area contributed by atoms with Crippen LogP contribution in [-0.4, -0.2) is 52.2 Å². The van der Waals surface area contributed by atoms with Crippen molar-refractivity contribution in [1.82, 2.24) is 0 Å². The number of hydrogen-bond acceptors (Lipinski definition) is 6. The van der Waals surface area contributed by atoms with Crippen LogP contribution in [0.2, 0.25) is 6.04 Å². The second-order valence-electron chi connectivity index (χ2n) is 4.94. The van der Waals surface area contributed by atoms with Crippen molar-refractivity contribution in [3.05, 3.63) is 0 Å². The van der Waals surface area contributed by atoms with Gasteiger partial charge in [-0.1, -0.05) is 0 Å². The highest BCUT2D eigenvalue weighted by atomic mass is 32.2. The van der Waals surface area contributed by atoms with E-state index in [1.807, 2.05) is 34.6 Å². The first-order valence-corrected chi connectivity index (χ1v) is 10.4. The normalized spacial score (nSPS) is 12.5. The van der Waals surface area contributed by atoms with E-state index < -0.39 is 13.6 Å². The van der Waals surface area contributed by atoms with Crippen molar-refractivity contribution in [2.24, 2.45) is 0 Å². The van der Waals surface area contributed by atoms with Crippen LogP contribution in [0.25, 0.3) is 0 Å². The third-order valence-corrected chi connectivity index (χ3v) is 7.39. The second kappa shape index (κ2) is 10.6. The Bertz CT molecular complexity index is 282. The molecule has 0 aromatic rings. The van der Waals surface area contributed by atoms with Crippen LogP contribution in [0.4, 0.5) is 0 Å². The van der Waals surface area contributed by atoms with Crippen molar-refractivity contribution in [2.45, 2.75) is 51.8 Å². The maximum atomic E-state index is 11.6. The van der Waals surface area contributed by atoms with Crippen molar-refractivity contribution in [1.29, 1.82) is 0 Å². The summed E-state index contributed by atoms with van der Waals surface area (Å²) >= 11 is 1.59. The van der Waals surface area contributed by atoms with Crippen molar-refractivity contribution < 1.29 is 22.8 Å². The van der Waals surface area contributed by atoms with Gasteiger partial charge in [0, 0.05) is 25.9 Å². The van der Waals surface area contributed by atoms with Crippen LogP contribution < -0.4 is 0 Å². The maximum Gasteiger partial charge on any atom is 0.500 e. The highest BCUT2D eigenvalue weighted by Crippen LogP contribution is 2.28. The van der Waals surface area contributed by atoms with E-state index in [1.54, 1.807) is 11.8 Å². The van der Waals surface area contributed by atoms with Gasteiger partial charge in [0.15, 0.2) is 0 Å². The summed E-state index contributed by atoms with van der Waals surface area (Å²) in [5.74, 6) is 0.639. The largest absolute Gasteiger partial charge is 0.500 e. The first-order chi connectivity index (χ1) is 9.87. The van der Waals surface area contributed by atoms with Gasteiger partial charge in [-0.3, -0.25) is 4.79 Å². The quantitative estimate of drug-likeness (QED) is 0.310. The molecule has 5 nitrogen and oxygen atoms in total. The Hall–Kier alpha value is -0.0831. The molecule has 0 atom stereocenters. The molecule has 0 aliphatic carbocycles. The molecule has 0 amide bonds. The summed E-state index contributed by atoms with van der Waals surface area (Å²) in [7, 11) is -1.14. The molecule has 0 aromatic carbocycles. The lowest BCUT2D eigenvalue weighted by Gasteiger charge is -2.29. The van der Waals surface area contributed by atoms with Crippen LogP contribution in [0, 0.1) is 0 Å². The SMILES string of the molecule is CCO[Si](CCCSC(C)(C)C(=O)OC)(OCC)OCC. The van der Waals surface area contributed by atoms with Crippen molar-refractivity contribution in [3.63, 3.8) is 0 Å². The van der Waals surface area contributed by atoms with E-state index >= 15 is 0 Å². The summed E-state index contributed by atoms with van der Waals surface area (Å²) in [6, 6.07) is 0.771. The van der Waals surface area contributed by atoms with E-state index in [0.717, 1.165) is 18.2 Å². The molecule has 0 saturated carbocycles. The third-order valence-electron chi connectivity index (χ3n) is 2.86. The van der Waals surface area contributed by atoms with Crippen molar-refractivity contribution in [2.75, 3.05) is 32.7 Å². The minimum Gasteiger partial charge on any atom is -0.468 e. The summed E-state index contributed by atoms with van der Waals surface area (Å²) in [6.45, 7) is 11.4. The summed E-state index contributed by atoms with van der Waals surface area (Å²) in [4.78, 5) is 11.6. The molecule has 0 aliphatic heterocycles. The van der Waals surface area contributed by atoms with Crippen molar-refractivity contribution >= 4 is 26.5 Å². The Morgan fingerprint density at radius 1 is 1.05 bits per heavy atom. The van der Waals surface area contributed by atoms with Crippen LogP contribution in [0.5, 0.6) is 0 Å². The number of ether oxygens (including phenoxy) is 1. The van der Waals surface area contributed by atoms with Crippen LogP contribution in [0.15, 0.2) is 0 Å². The Kier molecular flexibility index (Phi) is 10.6. The zero-order chi connectivity index (χ0) is 16.4. The fraction of sp³-hybridized carbons (Fsp3) is 0.929. The van der Waals surface area contributed by atoms with E-state index in [1.165, 1.54) is 7.11 Å². The van der Waals surface area contributed by atoms with Gasteiger partial charge in [0.25, 0.3) is 0 Å². The summed E-state index contributed by atoms with van der Waals surface area (Å²) in [6.07, 6.45) is 0.886. The van der Waals surface area contributed by atoms with Crippen LogP contribution >= 0.6 is 11.8 Å². The second-order valence-corrected chi connectivity index (χ2v) is 9.39. The number of carbonyl (C=O) groups excluding carboxylic acids is 1. The molecule has 0 aromatic heterocycles. The van der Waals surface area contributed by atoms with Crippen LogP contribution in [0.3, 0.4) is 0 Å². The average molecular weight is 339 g/mol. The lowest BCUT2D eigenvalue weighted by atomic mass is 10.2.